The third kappa shape index (κ3) is 3.71. The lowest BCUT2D eigenvalue weighted by atomic mass is 10.3. The SMILES string of the molecule is CNCC(=O)COc1ccccc1. The number of hydrogen-bond donors (Lipinski definition) is 1. The molecule has 3 nitrogen and oxygen atoms in total. The van der Waals surface area contributed by atoms with Gasteiger partial charge in [-0.3, -0.25) is 4.79 Å². The maximum atomic E-state index is 11.0. The number of rotatable bonds is 5. The van der Waals surface area contributed by atoms with Gasteiger partial charge in [-0.15, -0.1) is 0 Å². The van der Waals surface area contributed by atoms with Crippen LogP contribution >= 0.6 is 0 Å². The van der Waals surface area contributed by atoms with Crippen molar-refractivity contribution in [2.75, 3.05) is 20.2 Å². The molecule has 0 saturated carbocycles. The summed E-state index contributed by atoms with van der Waals surface area (Å²) in [4.78, 5) is 11.0. The molecule has 0 aromatic heterocycles. The smallest absolute Gasteiger partial charge is 0.183 e. The van der Waals surface area contributed by atoms with Crippen molar-refractivity contribution in [1.82, 2.24) is 5.32 Å². The van der Waals surface area contributed by atoms with Gasteiger partial charge in [0.1, 0.15) is 12.4 Å². The van der Waals surface area contributed by atoms with Crippen LogP contribution in [0.3, 0.4) is 0 Å². The first-order valence-electron chi connectivity index (χ1n) is 4.17. The molecular formula is C10H13NO2. The minimum absolute atomic E-state index is 0.0475. The summed E-state index contributed by atoms with van der Waals surface area (Å²) in [5.74, 6) is 0.776. The molecule has 70 valence electrons. The highest BCUT2D eigenvalue weighted by molar-refractivity contribution is 5.81. The number of benzene rings is 1. The van der Waals surface area contributed by atoms with Gasteiger partial charge in [-0.05, 0) is 19.2 Å². The molecule has 0 radical (unpaired) electrons. The van der Waals surface area contributed by atoms with Gasteiger partial charge in [-0.25, -0.2) is 0 Å². The highest BCUT2D eigenvalue weighted by atomic mass is 16.5. The summed E-state index contributed by atoms with van der Waals surface area (Å²) < 4.78 is 5.23. The van der Waals surface area contributed by atoms with Crippen LogP contribution in [-0.4, -0.2) is 26.0 Å². The number of carbonyl (C=O) groups is 1. The minimum atomic E-state index is 0.0475. The molecule has 0 bridgehead atoms. The van der Waals surface area contributed by atoms with Crippen molar-refractivity contribution in [3.8, 4) is 5.75 Å². The van der Waals surface area contributed by atoms with Crippen LogP contribution in [0.5, 0.6) is 5.75 Å². The molecule has 0 fully saturated rings. The predicted octanol–water partition coefficient (Wildman–Crippen LogP) is 0.854. The van der Waals surface area contributed by atoms with E-state index in [1.54, 1.807) is 7.05 Å². The van der Waals surface area contributed by atoms with E-state index in [1.807, 2.05) is 30.3 Å². The second kappa shape index (κ2) is 5.32. The van der Waals surface area contributed by atoms with Crippen LogP contribution in [0.4, 0.5) is 0 Å². The molecule has 0 saturated heterocycles. The summed E-state index contributed by atoms with van der Waals surface area (Å²) in [6.07, 6.45) is 0. The van der Waals surface area contributed by atoms with Crippen molar-refractivity contribution in [2.45, 2.75) is 0 Å². The molecule has 0 heterocycles. The van der Waals surface area contributed by atoms with E-state index >= 15 is 0 Å². The van der Waals surface area contributed by atoms with Gasteiger partial charge >= 0.3 is 0 Å². The van der Waals surface area contributed by atoms with Crippen LogP contribution in [0, 0.1) is 0 Å². The molecule has 0 aliphatic rings. The van der Waals surface area contributed by atoms with Gasteiger partial charge in [0.2, 0.25) is 0 Å². The zero-order valence-electron chi connectivity index (χ0n) is 7.62. The van der Waals surface area contributed by atoms with Crippen molar-refractivity contribution in [3.63, 3.8) is 0 Å². The van der Waals surface area contributed by atoms with Crippen LogP contribution in [-0.2, 0) is 4.79 Å². The number of carbonyl (C=O) groups excluding carboxylic acids is 1. The van der Waals surface area contributed by atoms with E-state index in [1.165, 1.54) is 0 Å². The Bertz CT molecular complexity index is 259. The fraction of sp³-hybridized carbons (Fsp3) is 0.300. The number of para-hydroxylation sites is 1. The molecule has 3 heteroatoms. The van der Waals surface area contributed by atoms with E-state index in [-0.39, 0.29) is 12.4 Å². The predicted molar refractivity (Wildman–Crippen MR) is 50.9 cm³/mol. The molecule has 1 N–H and O–H groups in total. The normalized spacial score (nSPS) is 9.62. The van der Waals surface area contributed by atoms with Gasteiger partial charge in [-0.2, -0.15) is 0 Å². The van der Waals surface area contributed by atoms with E-state index in [0.29, 0.717) is 6.54 Å². The highest BCUT2D eigenvalue weighted by Crippen LogP contribution is 2.07. The molecule has 0 spiro atoms. The van der Waals surface area contributed by atoms with Crippen LogP contribution < -0.4 is 10.1 Å². The van der Waals surface area contributed by atoms with E-state index < -0.39 is 0 Å². The summed E-state index contributed by atoms with van der Waals surface area (Å²) in [6.45, 7) is 0.484. The molecule has 0 amide bonds. The summed E-state index contributed by atoms with van der Waals surface area (Å²) in [5.41, 5.74) is 0. The lowest BCUT2D eigenvalue weighted by Crippen LogP contribution is -2.23. The number of ether oxygens (including phenoxy) is 1. The van der Waals surface area contributed by atoms with E-state index in [2.05, 4.69) is 5.32 Å². The second-order valence-corrected chi connectivity index (χ2v) is 2.67. The Kier molecular flexibility index (Phi) is 3.99. The van der Waals surface area contributed by atoms with Crippen molar-refractivity contribution in [3.05, 3.63) is 30.3 Å². The third-order valence-corrected chi connectivity index (χ3v) is 1.52. The van der Waals surface area contributed by atoms with Crippen molar-refractivity contribution >= 4 is 5.78 Å². The maximum Gasteiger partial charge on any atom is 0.183 e. The second-order valence-electron chi connectivity index (χ2n) is 2.67. The van der Waals surface area contributed by atoms with Crippen molar-refractivity contribution in [2.24, 2.45) is 0 Å². The minimum Gasteiger partial charge on any atom is -0.486 e. The van der Waals surface area contributed by atoms with Crippen LogP contribution in [0.1, 0.15) is 0 Å². The Morgan fingerprint density at radius 2 is 2.08 bits per heavy atom. The van der Waals surface area contributed by atoms with Gasteiger partial charge in [0.15, 0.2) is 5.78 Å². The quantitative estimate of drug-likeness (QED) is 0.728. The van der Waals surface area contributed by atoms with Crippen LogP contribution in [0.15, 0.2) is 30.3 Å². The molecule has 1 aromatic carbocycles. The summed E-state index contributed by atoms with van der Waals surface area (Å²) in [7, 11) is 1.74. The number of hydrogen-bond acceptors (Lipinski definition) is 3. The van der Waals surface area contributed by atoms with Gasteiger partial charge in [0.05, 0.1) is 6.54 Å². The summed E-state index contributed by atoms with van der Waals surface area (Å²) in [5, 5.41) is 2.77. The summed E-state index contributed by atoms with van der Waals surface area (Å²) >= 11 is 0. The first-order valence-corrected chi connectivity index (χ1v) is 4.17. The topological polar surface area (TPSA) is 38.3 Å². The van der Waals surface area contributed by atoms with Crippen LogP contribution in [0.25, 0.3) is 0 Å². The number of ketones is 1. The Labute approximate surface area is 77.7 Å². The molecule has 0 aliphatic heterocycles. The van der Waals surface area contributed by atoms with Gasteiger partial charge in [0, 0.05) is 0 Å². The fourth-order valence-electron chi connectivity index (χ4n) is 0.929. The molecule has 1 rings (SSSR count). The third-order valence-electron chi connectivity index (χ3n) is 1.52. The first kappa shape index (κ1) is 9.74. The molecule has 0 atom stereocenters. The number of nitrogens with one attached hydrogen (secondary N) is 1. The lowest BCUT2D eigenvalue weighted by Gasteiger charge is -2.03. The van der Waals surface area contributed by atoms with E-state index in [0.717, 1.165) is 5.75 Å². The van der Waals surface area contributed by atoms with Gasteiger partial charge < -0.3 is 10.1 Å². The van der Waals surface area contributed by atoms with Gasteiger partial charge in [0.25, 0.3) is 0 Å². The molecule has 13 heavy (non-hydrogen) atoms. The molecule has 1 aromatic rings. The summed E-state index contributed by atoms with van der Waals surface area (Å²) in [6, 6.07) is 9.30. The fourth-order valence-corrected chi connectivity index (χ4v) is 0.929. The molecule has 0 unspecified atom stereocenters. The maximum absolute atomic E-state index is 11.0. The van der Waals surface area contributed by atoms with E-state index in [9.17, 15) is 4.79 Å². The average molecular weight is 179 g/mol. The van der Waals surface area contributed by atoms with E-state index in [4.69, 9.17) is 4.74 Å². The molecular weight excluding hydrogens is 166 g/mol. The Balaban J connectivity index is 2.31. The van der Waals surface area contributed by atoms with Crippen molar-refractivity contribution in [1.29, 1.82) is 0 Å². The van der Waals surface area contributed by atoms with Crippen LogP contribution in [0.2, 0.25) is 0 Å². The Morgan fingerprint density at radius 1 is 1.38 bits per heavy atom. The monoisotopic (exact) mass is 179 g/mol. The standard InChI is InChI=1S/C10H13NO2/c1-11-7-9(12)8-13-10-5-3-2-4-6-10/h2-6,11H,7-8H2,1H3. The first-order chi connectivity index (χ1) is 6.33. The Hall–Kier alpha value is -1.35. The van der Waals surface area contributed by atoms with Gasteiger partial charge in [-0.1, -0.05) is 18.2 Å². The molecule has 0 aliphatic carbocycles. The average Bonchev–Trinajstić information content (AvgIpc) is 2.17. The number of likely N-dealkylation sites (N-methyl/N-ethyl adjacent to an activating group) is 1. The zero-order chi connectivity index (χ0) is 9.52. The zero-order valence-corrected chi connectivity index (χ0v) is 7.62. The Morgan fingerprint density at radius 3 is 2.69 bits per heavy atom. The largest absolute Gasteiger partial charge is 0.486 e. The highest BCUT2D eigenvalue weighted by Gasteiger charge is 2.00. The lowest BCUT2D eigenvalue weighted by molar-refractivity contribution is -0.120. The number of Topliss-reactive ketones (excluding diaryl/α,β-unsaturated/α-hetero) is 1. The van der Waals surface area contributed by atoms with Crippen molar-refractivity contribution < 1.29 is 9.53 Å².